The Kier molecular flexibility index (Phi) is 5.00. The fourth-order valence-corrected chi connectivity index (χ4v) is 4.74. The Hall–Kier alpha value is -4.57. The minimum absolute atomic E-state index is 0.411. The van der Waals surface area contributed by atoms with Gasteiger partial charge in [-0.25, -0.2) is 9.79 Å². The van der Waals surface area contributed by atoms with E-state index < -0.39 is 11.3 Å². The van der Waals surface area contributed by atoms with Crippen LogP contribution in [0.4, 0.5) is 0 Å². The van der Waals surface area contributed by atoms with Gasteiger partial charge in [0.1, 0.15) is 11.1 Å². The molecule has 0 radical (unpaired) electrons. The van der Waals surface area contributed by atoms with Crippen LogP contribution in [0.5, 0.6) is 0 Å². The predicted molar refractivity (Wildman–Crippen MR) is 141 cm³/mol. The summed E-state index contributed by atoms with van der Waals surface area (Å²) in [6.45, 7) is 1.98. The summed E-state index contributed by atoms with van der Waals surface area (Å²) in [5, 5.41) is 0.852. The molecular weight excluding hydrogens is 432 g/mol. The zero-order valence-corrected chi connectivity index (χ0v) is 19.2. The molecule has 1 aliphatic heterocycles. The van der Waals surface area contributed by atoms with Crippen LogP contribution < -0.4 is 5.63 Å². The minimum Gasteiger partial charge on any atom is -0.422 e. The molecule has 0 fully saturated rings. The summed E-state index contributed by atoms with van der Waals surface area (Å²) in [5.41, 5.74) is 4.44. The lowest BCUT2D eigenvalue weighted by Gasteiger charge is -2.26. The van der Waals surface area contributed by atoms with Crippen LogP contribution in [0.3, 0.4) is 0 Å². The van der Waals surface area contributed by atoms with Gasteiger partial charge in [-0.05, 0) is 24.1 Å². The van der Waals surface area contributed by atoms with Crippen LogP contribution >= 0.6 is 0 Å². The highest BCUT2D eigenvalue weighted by molar-refractivity contribution is 6.39. The van der Waals surface area contributed by atoms with Crippen molar-refractivity contribution in [3.8, 4) is 11.1 Å². The highest BCUT2D eigenvalue weighted by Crippen LogP contribution is 2.44. The summed E-state index contributed by atoms with van der Waals surface area (Å²) in [7, 11) is 0. The van der Waals surface area contributed by atoms with Crippen LogP contribution in [-0.2, 0) is 5.66 Å². The number of benzene rings is 4. The van der Waals surface area contributed by atoms with Gasteiger partial charge in [-0.2, -0.15) is 0 Å². The molecule has 5 aromatic rings. The first-order valence-electron chi connectivity index (χ1n) is 11.6. The normalized spacial score (nSPS) is 17.0. The second kappa shape index (κ2) is 8.33. The fraction of sp³-hybridized carbons (Fsp3) is 0.0645. The van der Waals surface area contributed by atoms with Gasteiger partial charge in [0.15, 0.2) is 0 Å². The lowest BCUT2D eigenvalue weighted by molar-refractivity contribution is 0.504. The lowest BCUT2D eigenvalue weighted by atomic mass is 9.86. The van der Waals surface area contributed by atoms with Crippen molar-refractivity contribution < 1.29 is 4.42 Å². The molecule has 168 valence electrons. The number of aliphatic imine (C=N–C) groups is 2. The number of hydrogen-bond donors (Lipinski definition) is 0. The third kappa shape index (κ3) is 3.51. The van der Waals surface area contributed by atoms with E-state index in [4.69, 9.17) is 14.4 Å². The van der Waals surface area contributed by atoms with Crippen LogP contribution in [0.1, 0.15) is 22.3 Å². The molecule has 1 aliphatic rings. The van der Waals surface area contributed by atoms with Gasteiger partial charge in [0.25, 0.3) is 0 Å². The summed E-state index contributed by atoms with van der Waals surface area (Å²) in [4.78, 5) is 23.9. The average molecular weight is 455 g/mol. The Bertz CT molecular complexity index is 1650. The van der Waals surface area contributed by atoms with Crippen molar-refractivity contribution in [1.82, 2.24) is 0 Å². The van der Waals surface area contributed by atoms with Crippen molar-refractivity contribution in [3.63, 3.8) is 0 Å². The molecule has 0 aliphatic carbocycles. The van der Waals surface area contributed by atoms with Gasteiger partial charge in [0.2, 0.25) is 5.66 Å². The molecule has 4 heteroatoms. The first kappa shape index (κ1) is 21.0. The highest BCUT2D eigenvalue weighted by atomic mass is 16.4. The topological polar surface area (TPSA) is 54.9 Å². The molecule has 0 saturated carbocycles. The summed E-state index contributed by atoms with van der Waals surface area (Å²) < 4.78 is 5.94. The van der Waals surface area contributed by atoms with Crippen LogP contribution in [0.25, 0.3) is 22.1 Å². The van der Waals surface area contributed by atoms with Crippen LogP contribution in [-0.4, -0.2) is 11.9 Å². The van der Waals surface area contributed by atoms with Gasteiger partial charge in [0.05, 0.1) is 11.9 Å². The molecular formula is C31H22N2O2. The Morgan fingerprint density at radius 3 is 2.06 bits per heavy atom. The quantitative estimate of drug-likeness (QED) is 0.289. The summed E-state index contributed by atoms with van der Waals surface area (Å²) >= 11 is 0. The maximum Gasteiger partial charge on any atom is 0.344 e. The molecule has 0 amide bonds. The van der Waals surface area contributed by atoms with E-state index in [1.165, 1.54) is 0 Å². The predicted octanol–water partition coefficient (Wildman–Crippen LogP) is 6.54. The number of fused-ring (bicyclic) bond motifs is 1. The average Bonchev–Trinajstić information content (AvgIpc) is 3.35. The molecule has 1 aromatic heterocycles. The molecule has 35 heavy (non-hydrogen) atoms. The van der Waals surface area contributed by atoms with E-state index >= 15 is 0 Å². The van der Waals surface area contributed by atoms with Crippen molar-refractivity contribution in [3.05, 3.63) is 142 Å². The van der Waals surface area contributed by atoms with Gasteiger partial charge in [-0.3, -0.25) is 4.99 Å². The Morgan fingerprint density at radius 1 is 0.743 bits per heavy atom. The van der Waals surface area contributed by atoms with Gasteiger partial charge < -0.3 is 4.42 Å². The number of rotatable bonds is 4. The third-order valence-electron chi connectivity index (χ3n) is 6.38. The molecule has 0 bridgehead atoms. The molecule has 0 N–H and O–H groups in total. The molecule has 2 heterocycles. The lowest BCUT2D eigenvalue weighted by Crippen LogP contribution is -2.29. The number of nitrogens with zero attached hydrogens (tertiary/aromatic N) is 2. The monoisotopic (exact) mass is 454 g/mol. The Morgan fingerprint density at radius 2 is 1.37 bits per heavy atom. The van der Waals surface area contributed by atoms with E-state index in [1.807, 2.05) is 116 Å². The van der Waals surface area contributed by atoms with E-state index in [1.54, 1.807) is 6.21 Å². The van der Waals surface area contributed by atoms with Crippen LogP contribution in [0, 0.1) is 6.92 Å². The van der Waals surface area contributed by atoms with Gasteiger partial charge in [-0.1, -0.05) is 103 Å². The maximum atomic E-state index is 13.8. The van der Waals surface area contributed by atoms with Crippen molar-refractivity contribution in [2.75, 3.05) is 0 Å². The zero-order chi connectivity index (χ0) is 23.8. The zero-order valence-electron chi connectivity index (χ0n) is 19.2. The summed E-state index contributed by atoms with van der Waals surface area (Å²) in [6, 6.07) is 35.5. The van der Waals surface area contributed by atoms with Gasteiger partial charge in [-0.15, -0.1) is 0 Å². The molecule has 4 aromatic carbocycles. The van der Waals surface area contributed by atoms with E-state index in [0.29, 0.717) is 11.1 Å². The van der Waals surface area contributed by atoms with E-state index in [-0.39, 0.29) is 0 Å². The van der Waals surface area contributed by atoms with E-state index in [2.05, 4.69) is 0 Å². The molecule has 4 nitrogen and oxygen atoms in total. The maximum absolute atomic E-state index is 13.8. The van der Waals surface area contributed by atoms with Crippen molar-refractivity contribution >= 4 is 22.9 Å². The Balaban J connectivity index is 1.74. The van der Waals surface area contributed by atoms with E-state index in [0.717, 1.165) is 38.9 Å². The smallest absolute Gasteiger partial charge is 0.344 e. The molecule has 6 rings (SSSR count). The van der Waals surface area contributed by atoms with Crippen molar-refractivity contribution in [1.29, 1.82) is 0 Å². The molecule has 1 unspecified atom stereocenters. The minimum atomic E-state index is -1.27. The summed E-state index contributed by atoms with van der Waals surface area (Å²) in [5.74, 6) is 0. The Labute approximate surface area is 202 Å². The molecule has 0 saturated heterocycles. The second-order valence-electron chi connectivity index (χ2n) is 8.66. The highest BCUT2D eigenvalue weighted by Gasteiger charge is 2.42. The van der Waals surface area contributed by atoms with Crippen LogP contribution in [0.2, 0.25) is 0 Å². The van der Waals surface area contributed by atoms with Crippen molar-refractivity contribution in [2.45, 2.75) is 12.6 Å². The van der Waals surface area contributed by atoms with E-state index in [9.17, 15) is 4.79 Å². The fourth-order valence-electron chi connectivity index (χ4n) is 4.74. The van der Waals surface area contributed by atoms with Gasteiger partial charge >= 0.3 is 5.63 Å². The first-order valence-corrected chi connectivity index (χ1v) is 11.6. The standard InChI is InChI=1S/C31H22N2O2/c1-21-17-18-25-27(19-21)35-30(34)29(28(25)23-13-7-3-8-14-23)31(24-15-9-4-10-16-24)32-20-26(33-31)22-11-5-2-6-12-22/h2-20H,1H3. The first-order chi connectivity index (χ1) is 17.2. The largest absolute Gasteiger partial charge is 0.422 e. The SMILES string of the molecule is Cc1ccc2c(-c3ccccc3)c(C3(c4ccccc4)N=CC(c4ccccc4)=N3)c(=O)oc2c1. The van der Waals surface area contributed by atoms with Gasteiger partial charge in [0, 0.05) is 22.1 Å². The summed E-state index contributed by atoms with van der Waals surface area (Å²) in [6.07, 6.45) is 1.76. The molecule has 1 atom stereocenters. The third-order valence-corrected chi connectivity index (χ3v) is 6.38. The van der Waals surface area contributed by atoms with Crippen LogP contribution in [0.15, 0.2) is 128 Å². The number of hydrogen-bond acceptors (Lipinski definition) is 4. The number of aryl methyl sites for hydroxylation is 1. The molecule has 0 spiro atoms. The second-order valence-corrected chi connectivity index (χ2v) is 8.66. The van der Waals surface area contributed by atoms with Crippen molar-refractivity contribution in [2.24, 2.45) is 9.98 Å².